The number of nitrogens with zero attached hydrogens (tertiary/aromatic N) is 3. The van der Waals surface area contributed by atoms with Crippen molar-refractivity contribution in [2.24, 2.45) is 0 Å². The number of hydrogen-bond acceptors (Lipinski definition) is 5. The van der Waals surface area contributed by atoms with E-state index in [9.17, 15) is 14.7 Å². The smallest absolute Gasteiger partial charge is 0.318 e. The first-order valence-electron chi connectivity index (χ1n) is 11.2. The number of rotatable bonds is 7. The Kier molecular flexibility index (Phi) is 7.21. The van der Waals surface area contributed by atoms with Crippen molar-refractivity contribution in [2.45, 2.75) is 50.4 Å². The largest absolute Gasteiger partial charge is 0.475 e. The highest BCUT2D eigenvalue weighted by molar-refractivity contribution is 5.88. The van der Waals surface area contributed by atoms with Crippen LogP contribution in [-0.2, 0) is 11.3 Å². The molecule has 32 heavy (non-hydrogen) atoms. The van der Waals surface area contributed by atoms with E-state index in [4.69, 9.17) is 4.74 Å². The van der Waals surface area contributed by atoms with Crippen molar-refractivity contribution in [3.63, 3.8) is 0 Å². The van der Waals surface area contributed by atoms with Crippen LogP contribution >= 0.6 is 0 Å². The Morgan fingerprint density at radius 1 is 1.06 bits per heavy atom. The molecule has 1 unspecified atom stereocenters. The van der Waals surface area contributed by atoms with Crippen molar-refractivity contribution in [1.82, 2.24) is 20.1 Å². The number of aliphatic hydroxyl groups is 1. The van der Waals surface area contributed by atoms with Crippen molar-refractivity contribution in [3.8, 4) is 5.88 Å². The van der Waals surface area contributed by atoms with Crippen LogP contribution in [0.1, 0.15) is 31.2 Å². The molecule has 2 aliphatic rings. The van der Waals surface area contributed by atoms with Gasteiger partial charge in [-0.3, -0.25) is 4.79 Å². The molecule has 8 nitrogen and oxygen atoms in total. The normalized spacial score (nSPS) is 21.4. The molecule has 2 fully saturated rings. The maximum atomic E-state index is 13.4. The first-order valence-corrected chi connectivity index (χ1v) is 11.2. The molecule has 0 aliphatic carbocycles. The zero-order valence-electron chi connectivity index (χ0n) is 18.1. The van der Waals surface area contributed by atoms with E-state index in [1.807, 2.05) is 36.4 Å². The zero-order valence-corrected chi connectivity index (χ0v) is 18.1. The number of aromatic nitrogens is 1. The zero-order chi connectivity index (χ0) is 22.3. The van der Waals surface area contributed by atoms with Gasteiger partial charge in [-0.15, -0.1) is 0 Å². The maximum Gasteiger partial charge on any atom is 0.318 e. The summed E-state index contributed by atoms with van der Waals surface area (Å²) in [5.74, 6) is 0.358. The van der Waals surface area contributed by atoms with Gasteiger partial charge in [-0.1, -0.05) is 36.4 Å². The van der Waals surface area contributed by atoms with Crippen LogP contribution in [0.4, 0.5) is 4.79 Å². The number of benzene rings is 1. The van der Waals surface area contributed by atoms with Gasteiger partial charge in [-0.05, 0) is 37.3 Å². The number of nitrogens with one attached hydrogen (secondary N) is 1. The number of pyridine rings is 1. The number of amides is 3. The Hall–Kier alpha value is -3.13. The molecular formula is C24H30N4O4. The molecule has 1 aromatic carbocycles. The summed E-state index contributed by atoms with van der Waals surface area (Å²) < 4.78 is 5.59. The molecule has 2 N–H and O–H groups in total. The van der Waals surface area contributed by atoms with Crippen molar-refractivity contribution < 1.29 is 19.4 Å². The number of carbonyl (C=O) groups is 2. The molecule has 3 heterocycles. The van der Waals surface area contributed by atoms with E-state index in [0.717, 1.165) is 18.4 Å². The predicted octanol–water partition coefficient (Wildman–Crippen LogP) is 2.19. The van der Waals surface area contributed by atoms with E-state index in [2.05, 4.69) is 10.3 Å². The topological polar surface area (TPSA) is 95.0 Å². The summed E-state index contributed by atoms with van der Waals surface area (Å²) in [4.78, 5) is 33.6. The van der Waals surface area contributed by atoms with Crippen LogP contribution in [0, 0.1) is 0 Å². The second-order valence-electron chi connectivity index (χ2n) is 8.28. The van der Waals surface area contributed by atoms with Crippen LogP contribution in [0.25, 0.3) is 0 Å². The van der Waals surface area contributed by atoms with Gasteiger partial charge >= 0.3 is 6.03 Å². The third-order valence-electron chi connectivity index (χ3n) is 6.15. The third-order valence-corrected chi connectivity index (χ3v) is 6.15. The fourth-order valence-electron chi connectivity index (χ4n) is 4.51. The van der Waals surface area contributed by atoms with Crippen LogP contribution in [0.3, 0.4) is 0 Å². The fraction of sp³-hybridized carbons (Fsp3) is 0.458. The standard InChI is InChI=1S/C24H30N4O4/c29-21(17-32-22-12-4-5-13-25-22)19-10-6-14-27(19)23(30)20-11-7-15-28(20)24(31)26-16-18-8-2-1-3-9-18/h1-5,8-9,12-13,19-21,29H,6-7,10-11,14-17H2,(H,26,31)/t19-,20-,21?/m0/s1. The molecule has 8 heteroatoms. The molecule has 0 saturated carbocycles. The van der Waals surface area contributed by atoms with Gasteiger partial charge in [0, 0.05) is 31.9 Å². The number of urea groups is 1. The third kappa shape index (κ3) is 5.19. The van der Waals surface area contributed by atoms with Gasteiger partial charge in [0.05, 0.1) is 6.04 Å². The summed E-state index contributed by atoms with van der Waals surface area (Å²) >= 11 is 0. The second-order valence-corrected chi connectivity index (χ2v) is 8.28. The molecule has 1 aromatic heterocycles. The first kappa shape index (κ1) is 22.1. The van der Waals surface area contributed by atoms with Crippen LogP contribution < -0.4 is 10.1 Å². The minimum atomic E-state index is -0.815. The lowest BCUT2D eigenvalue weighted by molar-refractivity contribution is -0.138. The summed E-state index contributed by atoms with van der Waals surface area (Å²) in [7, 11) is 0. The van der Waals surface area contributed by atoms with Crippen LogP contribution in [0.15, 0.2) is 54.7 Å². The van der Waals surface area contributed by atoms with E-state index in [0.29, 0.717) is 38.4 Å². The van der Waals surface area contributed by atoms with E-state index in [-0.39, 0.29) is 24.6 Å². The lowest BCUT2D eigenvalue weighted by Gasteiger charge is -2.33. The van der Waals surface area contributed by atoms with Crippen molar-refractivity contribution in [2.75, 3.05) is 19.7 Å². The van der Waals surface area contributed by atoms with Gasteiger partial charge in [0.25, 0.3) is 0 Å². The molecule has 0 spiro atoms. The number of likely N-dealkylation sites (tertiary alicyclic amines) is 2. The number of carbonyl (C=O) groups excluding carboxylic acids is 2. The minimum Gasteiger partial charge on any atom is -0.475 e. The highest BCUT2D eigenvalue weighted by Crippen LogP contribution is 2.26. The van der Waals surface area contributed by atoms with Crippen molar-refractivity contribution in [3.05, 3.63) is 60.3 Å². The fourth-order valence-corrected chi connectivity index (χ4v) is 4.51. The maximum absolute atomic E-state index is 13.4. The summed E-state index contributed by atoms with van der Waals surface area (Å²) in [5.41, 5.74) is 1.01. The van der Waals surface area contributed by atoms with E-state index in [1.54, 1.807) is 28.1 Å². The molecular weight excluding hydrogens is 408 g/mol. The Labute approximate surface area is 188 Å². The Morgan fingerprint density at radius 3 is 2.59 bits per heavy atom. The lowest BCUT2D eigenvalue weighted by atomic mass is 10.1. The van der Waals surface area contributed by atoms with Gasteiger partial charge in [-0.2, -0.15) is 0 Å². The average molecular weight is 439 g/mol. The molecule has 3 amide bonds. The van der Waals surface area contributed by atoms with E-state index < -0.39 is 12.1 Å². The van der Waals surface area contributed by atoms with Crippen LogP contribution in [-0.4, -0.2) is 69.7 Å². The summed E-state index contributed by atoms with van der Waals surface area (Å²) in [5, 5.41) is 13.6. The van der Waals surface area contributed by atoms with Gasteiger partial charge in [0.15, 0.2) is 0 Å². The first-order chi connectivity index (χ1) is 15.6. The SMILES string of the molecule is O=C(NCc1ccccc1)N1CCC[C@H]1C(=O)N1CCC[C@H]1C(O)COc1ccccn1. The van der Waals surface area contributed by atoms with Gasteiger partial charge in [-0.25, -0.2) is 9.78 Å². The van der Waals surface area contributed by atoms with E-state index >= 15 is 0 Å². The monoisotopic (exact) mass is 438 g/mol. The number of ether oxygens (including phenoxy) is 1. The highest BCUT2D eigenvalue weighted by atomic mass is 16.5. The lowest BCUT2D eigenvalue weighted by Crippen LogP contribution is -2.54. The van der Waals surface area contributed by atoms with Gasteiger partial charge in [0.1, 0.15) is 18.8 Å². The van der Waals surface area contributed by atoms with Gasteiger partial charge in [0.2, 0.25) is 11.8 Å². The minimum absolute atomic E-state index is 0.0669. The Bertz CT molecular complexity index is 895. The summed E-state index contributed by atoms with van der Waals surface area (Å²) in [6.07, 6.45) is 3.78. The molecule has 4 rings (SSSR count). The average Bonchev–Trinajstić information content (AvgIpc) is 3.52. The molecule has 3 atom stereocenters. The molecule has 0 radical (unpaired) electrons. The molecule has 2 aromatic rings. The molecule has 2 aliphatic heterocycles. The number of aliphatic hydroxyl groups excluding tert-OH is 1. The number of hydrogen-bond donors (Lipinski definition) is 2. The van der Waals surface area contributed by atoms with Crippen LogP contribution in [0.5, 0.6) is 5.88 Å². The Morgan fingerprint density at radius 2 is 1.81 bits per heavy atom. The summed E-state index contributed by atoms with van der Waals surface area (Å²) in [6.45, 7) is 1.63. The quantitative estimate of drug-likeness (QED) is 0.691. The summed E-state index contributed by atoms with van der Waals surface area (Å²) in [6, 6.07) is 14.0. The second kappa shape index (κ2) is 10.5. The molecule has 170 valence electrons. The highest BCUT2D eigenvalue weighted by Gasteiger charge is 2.42. The van der Waals surface area contributed by atoms with E-state index in [1.165, 1.54) is 0 Å². The van der Waals surface area contributed by atoms with Crippen molar-refractivity contribution in [1.29, 1.82) is 0 Å². The predicted molar refractivity (Wildman–Crippen MR) is 119 cm³/mol. The Balaban J connectivity index is 1.34. The van der Waals surface area contributed by atoms with Crippen molar-refractivity contribution >= 4 is 11.9 Å². The van der Waals surface area contributed by atoms with Gasteiger partial charge < -0.3 is 25.0 Å². The van der Waals surface area contributed by atoms with Crippen LogP contribution in [0.2, 0.25) is 0 Å². The molecule has 0 bridgehead atoms. The molecule has 2 saturated heterocycles.